The summed E-state index contributed by atoms with van der Waals surface area (Å²) in [4.78, 5) is 0. The van der Waals surface area contributed by atoms with Crippen molar-refractivity contribution in [2.45, 2.75) is 16.4 Å². The molecule has 2 rings (SSSR count). The first kappa shape index (κ1) is 11.4. The number of alkyl halides is 1. The SMILES string of the molecule is IC1COCC1OCCc1ccccc1. The maximum atomic E-state index is 5.79. The van der Waals surface area contributed by atoms with Gasteiger partial charge in [0.2, 0.25) is 0 Å². The maximum Gasteiger partial charge on any atom is 0.0948 e. The van der Waals surface area contributed by atoms with Gasteiger partial charge in [0.1, 0.15) is 0 Å². The third kappa shape index (κ3) is 3.43. The summed E-state index contributed by atoms with van der Waals surface area (Å²) < 4.78 is 11.6. The number of halogens is 1. The lowest BCUT2D eigenvalue weighted by atomic mass is 10.2. The zero-order valence-electron chi connectivity index (χ0n) is 8.56. The fourth-order valence-electron chi connectivity index (χ4n) is 1.63. The van der Waals surface area contributed by atoms with Gasteiger partial charge in [0, 0.05) is 0 Å². The summed E-state index contributed by atoms with van der Waals surface area (Å²) >= 11 is 2.40. The van der Waals surface area contributed by atoms with E-state index in [1.165, 1.54) is 5.56 Å². The van der Waals surface area contributed by atoms with E-state index < -0.39 is 0 Å². The molecule has 3 heteroatoms. The van der Waals surface area contributed by atoms with Crippen molar-refractivity contribution in [1.82, 2.24) is 0 Å². The zero-order chi connectivity index (χ0) is 10.5. The highest BCUT2D eigenvalue weighted by molar-refractivity contribution is 14.1. The molecule has 0 saturated carbocycles. The average Bonchev–Trinajstić information content (AvgIpc) is 2.66. The van der Waals surface area contributed by atoms with Crippen molar-refractivity contribution in [3.63, 3.8) is 0 Å². The summed E-state index contributed by atoms with van der Waals surface area (Å²) in [5.74, 6) is 0. The monoisotopic (exact) mass is 318 g/mol. The molecule has 1 fully saturated rings. The molecule has 0 N–H and O–H groups in total. The Bertz CT molecular complexity index is 289. The molecule has 0 bridgehead atoms. The van der Waals surface area contributed by atoms with Crippen LogP contribution in [0.5, 0.6) is 0 Å². The molecule has 1 heterocycles. The molecule has 0 aliphatic carbocycles. The van der Waals surface area contributed by atoms with Gasteiger partial charge in [-0.1, -0.05) is 52.9 Å². The van der Waals surface area contributed by atoms with E-state index in [-0.39, 0.29) is 6.10 Å². The number of hydrogen-bond donors (Lipinski definition) is 0. The minimum absolute atomic E-state index is 0.286. The number of ether oxygens (including phenoxy) is 2. The first-order valence-corrected chi connectivity index (χ1v) is 6.48. The van der Waals surface area contributed by atoms with Gasteiger partial charge in [0.05, 0.1) is 29.8 Å². The van der Waals surface area contributed by atoms with Crippen LogP contribution in [0.4, 0.5) is 0 Å². The molecule has 0 spiro atoms. The summed E-state index contributed by atoms with van der Waals surface area (Å²) in [5.41, 5.74) is 1.33. The molecule has 1 saturated heterocycles. The van der Waals surface area contributed by atoms with Gasteiger partial charge >= 0.3 is 0 Å². The molecule has 82 valence electrons. The Morgan fingerprint density at radius 1 is 1.27 bits per heavy atom. The molecule has 0 amide bonds. The van der Waals surface area contributed by atoms with Gasteiger partial charge < -0.3 is 9.47 Å². The van der Waals surface area contributed by atoms with Crippen LogP contribution >= 0.6 is 22.6 Å². The summed E-state index contributed by atoms with van der Waals surface area (Å²) in [6.45, 7) is 2.37. The van der Waals surface area contributed by atoms with Crippen LogP contribution in [0.2, 0.25) is 0 Å². The quantitative estimate of drug-likeness (QED) is 0.627. The highest BCUT2D eigenvalue weighted by Crippen LogP contribution is 2.18. The zero-order valence-corrected chi connectivity index (χ0v) is 10.7. The van der Waals surface area contributed by atoms with Crippen molar-refractivity contribution in [2.75, 3.05) is 19.8 Å². The number of hydrogen-bond acceptors (Lipinski definition) is 2. The van der Waals surface area contributed by atoms with Crippen molar-refractivity contribution >= 4 is 22.6 Å². The van der Waals surface area contributed by atoms with Crippen LogP contribution in [0.25, 0.3) is 0 Å². The average molecular weight is 318 g/mol. The molecule has 1 aliphatic rings. The number of benzene rings is 1. The summed E-state index contributed by atoms with van der Waals surface area (Å²) in [5, 5.41) is 0. The smallest absolute Gasteiger partial charge is 0.0948 e. The molecule has 1 aromatic rings. The first-order chi connectivity index (χ1) is 7.36. The topological polar surface area (TPSA) is 18.5 Å². The lowest BCUT2D eigenvalue weighted by Gasteiger charge is -2.13. The van der Waals surface area contributed by atoms with Gasteiger partial charge in [-0.25, -0.2) is 0 Å². The summed E-state index contributed by atoms with van der Waals surface area (Å²) in [6, 6.07) is 10.4. The van der Waals surface area contributed by atoms with Crippen LogP contribution in [0.15, 0.2) is 30.3 Å². The Morgan fingerprint density at radius 2 is 2.07 bits per heavy atom. The van der Waals surface area contributed by atoms with Crippen molar-refractivity contribution in [1.29, 1.82) is 0 Å². The molecule has 1 aromatic carbocycles. The van der Waals surface area contributed by atoms with Crippen molar-refractivity contribution in [3.8, 4) is 0 Å². The van der Waals surface area contributed by atoms with E-state index in [9.17, 15) is 0 Å². The highest BCUT2D eigenvalue weighted by Gasteiger charge is 2.25. The second-order valence-electron chi connectivity index (χ2n) is 3.70. The molecule has 0 aromatic heterocycles. The highest BCUT2D eigenvalue weighted by atomic mass is 127. The lowest BCUT2D eigenvalue weighted by Crippen LogP contribution is -2.23. The molecule has 2 unspecified atom stereocenters. The Kier molecular flexibility index (Phi) is 4.41. The Balaban J connectivity index is 1.71. The third-order valence-electron chi connectivity index (χ3n) is 2.53. The fraction of sp³-hybridized carbons (Fsp3) is 0.500. The van der Waals surface area contributed by atoms with Crippen LogP contribution in [0.3, 0.4) is 0 Å². The lowest BCUT2D eigenvalue weighted by molar-refractivity contribution is 0.0473. The van der Waals surface area contributed by atoms with Crippen LogP contribution in [-0.2, 0) is 15.9 Å². The first-order valence-electron chi connectivity index (χ1n) is 5.23. The van der Waals surface area contributed by atoms with Gasteiger partial charge in [0.15, 0.2) is 0 Å². The van der Waals surface area contributed by atoms with E-state index in [0.717, 1.165) is 26.2 Å². The Hall–Kier alpha value is -0.130. The van der Waals surface area contributed by atoms with E-state index in [0.29, 0.717) is 3.92 Å². The van der Waals surface area contributed by atoms with E-state index in [1.807, 2.05) is 6.07 Å². The molecule has 0 radical (unpaired) electrons. The second kappa shape index (κ2) is 5.82. The Labute approximate surface area is 104 Å². The van der Waals surface area contributed by atoms with Crippen LogP contribution in [0.1, 0.15) is 5.56 Å². The third-order valence-corrected chi connectivity index (χ3v) is 3.69. The van der Waals surface area contributed by atoms with Crippen LogP contribution in [-0.4, -0.2) is 29.8 Å². The van der Waals surface area contributed by atoms with Crippen molar-refractivity contribution < 1.29 is 9.47 Å². The maximum absolute atomic E-state index is 5.79. The summed E-state index contributed by atoms with van der Waals surface area (Å²) in [7, 11) is 0. The molecular formula is C12H15IO2. The standard InChI is InChI=1S/C12H15IO2/c13-11-8-14-9-12(11)15-7-6-10-4-2-1-3-5-10/h1-5,11-12H,6-9H2. The fourth-order valence-corrected chi connectivity index (χ4v) is 2.30. The predicted molar refractivity (Wildman–Crippen MR) is 68.5 cm³/mol. The van der Waals surface area contributed by atoms with Gasteiger partial charge in [-0.05, 0) is 12.0 Å². The molecule has 15 heavy (non-hydrogen) atoms. The molecule has 2 nitrogen and oxygen atoms in total. The van der Waals surface area contributed by atoms with E-state index in [1.54, 1.807) is 0 Å². The minimum Gasteiger partial charge on any atom is -0.378 e. The minimum atomic E-state index is 0.286. The van der Waals surface area contributed by atoms with Crippen LogP contribution in [0, 0.1) is 0 Å². The van der Waals surface area contributed by atoms with Gasteiger partial charge in [-0.2, -0.15) is 0 Å². The van der Waals surface area contributed by atoms with Gasteiger partial charge in [-0.15, -0.1) is 0 Å². The second-order valence-corrected chi connectivity index (χ2v) is 5.30. The van der Waals surface area contributed by atoms with Gasteiger partial charge in [0.25, 0.3) is 0 Å². The van der Waals surface area contributed by atoms with Crippen LogP contribution < -0.4 is 0 Å². The Morgan fingerprint density at radius 3 is 2.73 bits per heavy atom. The van der Waals surface area contributed by atoms with E-state index in [4.69, 9.17) is 9.47 Å². The van der Waals surface area contributed by atoms with Gasteiger partial charge in [-0.3, -0.25) is 0 Å². The van der Waals surface area contributed by atoms with E-state index >= 15 is 0 Å². The molecular weight excluding hydrogens is 303 g/mol. The molecule has 2 atom stereocenters. The molecule has 1 aliphatic heterocycles. The van der Waals surface area contributed by atoms with E-state index in [2.05, 4.69) is 46.9 Å². The summed E-state index contributed by atoms with van der Waals surface area (Å²) in [6.07, 6.45) is 1.27. The number of rotatable bonds is 4. The normalized spacial score (nSPS) is 25.7. The largest absolute Gasteiger partial charge is 0.378 e. The van der Waals surface area contributed by atoms with Crippen molar-refractivity contribution in [2.24, 2.45) is 0 Å². The van der Waals surface area contributed by atoms with Crippen molar-refractivity contribution in [3.05, 3.63) is 35.9 Å². The predicted octanol–water partition coefficient (Wildman–Crippen LogP) is 2.45.